The van der Waals surface area contributed by atoms with E-state index in [1.807, 2.05) is 13.1 Å². The van der Waals surface area contributed by atoms with Crippen LogP contribution in [-0.4, -0.2) is 13.3 Å². The van der Waals surface area contributed by atoms with Gasteiger partial charge in [-0.05, 0) is 105 Å². The second-order valence-corrected chi connectivity index (χ2v) is 10.0. The molecule has 0 spiro atoms. The minimum atomic E-state index is -0.538. The van der Waals surface area contributed by atoms with Gasteiger partial charge in [0.1, 0.15) is 11.6 Å². The van der Waals surface area contributed by atoms with Gasteiger partial charge in [-0.3, -0.25) is 0 Å². The van der Waals surface area contributed by atoms with Gasteiger partial charge >= 0.3 is 0 Å². The molecule has 1 atom stereocenters. The maximum Gasteiger partial charge on any atom is 0.126 e. The molecule has 36 heavy (non-hydrogen) atoms. The molecule has 0 heterocycles. The highest BCUT2D eigenvalue weighted by molar-refractivity contribution is 5.76. The van der Waals surface area contributed by atoms with Gasteiger partial charge in [-0.25, -0.2) is 8.78 Å². The van der Waals surface area contributed by atoms with Crippen LogP contribution in [0.15, 0.2) is 90.0 Å². The Kier molecular flexibility index (Phi) is 10.2. The van der Waals surface area contributed by atoms with Crippen LogP contribution in [0.4, 0.5) is 8.78 Å². The Morgan fingerprint density at radius 2 is 1.69 bits per heavy atom. The summed E-state index contributed by atoms with van der Waals surface area (Å²) in [6, 6.07) is 12.4. The van der Waals surface area contributed by atoms with E-state index in [0.29, 0.717) is 30.2 Å². The molecule has 3 heteroatoms. The topological polar surface area (TPSA) is 12.4 Å². The van der Waals surface area contributed by atoms with Crippen molar-refractivity contribution in [2.24, 2.45) is 16.8 Å². The van der Waals surface area contributed by atoms with Crippen LogP contribution < -0.4 is 0 Å². The van der Waals surface area contributed by atoms with E-state index in [0.717, 1.165) is 31.7 Å². The third-order valence-electron chi connectivity index (χ3n) is 7.30. The maximum absolute atomic E-state index is 13.9. The van der Waals surface area contributed by atoms with Gasteiger partial charge in [0, 0.05) is 13.1 Å². The van der Waals surface area contributed by atoms with Crippen LogP contribution in [0.3, 0.4) is 0 Å². The molecule has 0 aromatic heterocycles. The van der Waals surface area contributed by atoms with Gasteiger partial charge in [-0.15, -0.1) is 0 Å². The van der Waals surface area contributed by atoms with E-state index < -0.39 is 11.6 Å². The predicted octanol–water partition coefficient (Wildman–Crippen LogP) is 9.42. The molecule has 2 aromatic rings. The van der Waals surface area contributed by atoms with Crippen LogP contribution in [-0.2, 0) is 0 Å². The average molecular weight is 488 g/mol. The molecule has 190 valence electrons. The van der Waals surface area contributed by atoms with E-state index in [1.54, 1.807) is 7.05 Å². The Hall–Kier alpha value is -3.07. The van der Waals surface area contributed by atoms with E-state index in [4.69, 9.17) is 0 Å². The SMILES string of the molecule is C=C(/C=C(\C=C/C)c1cccc(C)c1)C1CCC(C(=C)CC(CC=NC)c2cc(F)cc(F)c2)CC1. The molecule has 0 amide bonds. The molecule has 0 bridgehead atoms. The van der Waals surface area contributed by atoms with Gasteiger partial charge in [0.05, 0.1) is 0 Å². The van der Waals surface area contributed by atoms with Gasteiger partial charge in [0.15, 0.2) is 0 Å². The first-order valence-electron chi connectivity index (χ1n) is 12.9. The smallest absolute Gasteiger partial charge is 0.126 e. The minimum absolute atomic E-state index is 0.0280. The average Bonchev–Trinajstić information content (AvgIpc) is 2.85. The second-order valence-electron chi connectivity index (χ2n) is 10.0. The summed E-state index contributed by atoms with van der Waals surface area (Å²) in [6.07, 6.45) is 13.9. The fraction of sp³-hybridized carbons (Fsp3) is 0.364. The summed E-state index contributed by atoms with van der Waals surface area (Å²) < 4.78 is 27.7. The maximum atomic E-state index is 13.9. The molecule has 0 saturated heterocycles. The molecular weight excluding hydrogens is 448 g/mol. The van der Waals surface area contributed by atoms with Gasteiger partial charge in [-0.2, -0.15) is 0 Å². The number of benzene rings is 2. The number of allylic oxidation sites excluding steroid dienone is 6. The van der Waals surface area contributed by atoms with Crippen molar-refractivity contribution in [2.45, 2.75) is 58.3 Å². The van der Waals surface area contributed by atoms with Gasteiger partial charge in [-0.1, -0.05) is 72.4 Å². The van der Waals surface area contributed by atoms with Crippen molar-refractivity contribution < 1.29 is 8.78 Å². The van der Waals surface area contributed by atoms with Crippen LogP contribution in [0.5, 0.6) is 0 Å². The number of aryl methyl sites for hydroxylation is 1. The molecule has 1 fully saturated rings. The van der Waals surface area contributed by atoms with Crippen molar-refractivity contribution in [2.75, 3.05) is 7.05 Å². The molecular formula is C33H39F2N. The highest BCUT2D eigenvalue weighted by Crippen LogP contribution is 2.40. The first-order chi connectivity index (χ1) is 17.3. The zero-order valence-electron chi connectivity index (χ0n) is 21.9. The lowest BCUT2D eigenvalue weighted by molar-refractivity contribution is 0.330. The number of hydrogen-bond acceptors (Lipinski definition) is 1. The lowest BCUT2D eigenvalue weighted by Crippen LogP contribution is -2.18. The fourth-order valence-electron chi connectivity index (χ4n) is 5.29. The fourth-order valence-corrected chi connectivity index (χ4v) is 5.29. The van der Waals surface area contributed by atoms with Crippen LogP contribution in [0.1, 0.15) is 68.1 Å². The highest BCUT2D eigenvalue weighted by atomic mass is 19.1. The number of nitrogens with zero attached hydrogens (tertiary/aromatic N) is 1. The second kappa shape index (κ2) is 13.3. The molecule has 1 saturated carbocycles. The van der Waals surface area contributed by atoms with Crippen molar-refractivity contribution >= 4 is 11.8 Å². The molecule has 0 aliphatic heterocycles. The molecule has 1 nitrogen and oxygen atoms in total. The summed E-state index contributed by atoms with van der Waals surface area (Å²) in [4.78, 5) is 4.10. The summed E-state index contributed by atoms with van der Waals surface area (Å²) in [5, 5.41) is 0. The first kappa shape index (κ1) is 27.5. The normalized spacial score (nSPS) is 19.6. The van der Waals surface area contributed by atoms with Crippen molar-refractivity contribution in [3.05, 3.63) is 113 Å². The van der Waals surface area contributed by atoms with E-state index in [1.165, 1.54) is 40.0 Å². The van der Waals surface area contributed by atoms with Gasteiger partial charge in [0.25, 0.3) is 0 Å². The Morgan fingerprint density at radius 1 is 1.03 bits per heavy atom. The Bertz CT molecular complexity index is 1130. The number of halogens is 2. The lowest BCUT2D eigenvalue weighted by Gasteiger charge is -2.31. The zero-order chi connectivity index (χ0) is 26.1. The summed E-state index contributed by atoms with van der Waals surface area (Å²) in [7, 11) is 1.72. The van der Waals surface area contributed by atoms with E-state index in [2.05, 4.69) is 67.6 Å². The highest BCUT2D eigenvalue weighted by Gasteiger charge is 2.26. The monoisotopic (exact) mass is 487 g/mol. The molecule has 2 aromatic carbocycles. The van der Waals surface area contributed by atoms with Crippen LogP contribution in [0.25, 0.3) is 5.57 Å². The Morgan fingerprint density at radius 3 is 2.31 bits per heavy atom. The van der Waals surface area contributed by atoms with Crippen molar-refractivity contribution in [3.63, 3.8) is 0 Å². The summed E-state index contributed by atoms with van der Waals surface area (Å²) >= 11 is 0. The first-order valence-corrected chi connectivity index (χ1v) is 12.9. The van der Waals surface area contributed by atoms with E-state index in [9.17, 15) is 8.78 Å². The third-order valence-corrected chi connectivity index (χ3v) is 7.30. The van der Waals surface area contributed by atoms with Crippen LogP contribution in [0, 0.1) is 30.4 Å². The van der Waals surface area contributed by atoms with Crippen molar-refractivity contribution in [1.82, 2.24) is 0 Å². The quantitative estimate of drug-likeness (QED) is 0.180. The van der Waals surface area contributed by atoms with E-state index in [-0.39, 0.29) is 5.92 Å². The molecule has 0 N–H and O–H groups in total. The minimum Gasteiger partial charge on any atom is -0.301 e. The zero-order valence-corrected chi connectivity index (χ0v) is 21.9. The number of hydrogen-bond donors (Lipinski definition) is 0. The van der Waals surface area contributed by atoms with Crippen molar-refractivity contribution in [1.29, 1.82) is 0 Å². The third kappa shape index (κ3) is 7.71. The Balaban J connectivity index is 1.64. The van der Waals surface area contributed by atoms with E-state index >= 15 is 0 Å². The summed E-state index contributed by atoms with van der Waals surface area (Å²) in [6.45, 7) is 13.0. The van der Waals surface area contributed by atoms with Crippen LogP contribution in [0.2, 0.25) is 0 Å². The van der Waals surface area contributed by atoms with Crippen molar-refractivity contribution in [3.8, 4) is 0 Å². The predicted molar refractivity (Wildman–Crippen MR) is 150 cm³/mol. The summed E-state index contributed by atoms with van der Waals surface area (Å²) in [5.41, 5.74) is 6.68. The lowest BCUT2D eigenvalue weighted by atomic mass is 9.73. The van der Waals surface area contributed by atoms with Crippen LogP contribution >= 0.6 is 0 Å². The summed E-state index contributed by atoms with van der Waals surface area (Å²) in [5.74, 6) is -0.225. The molecule has 1 aliphatic rings. The molecule has 3 rings (SSSR count). The molecule has 1 aliphatic carbocycles. The van der Waals surface area contributed by atoms with Gasteiger partial charge < -0.3 is 4.99 Å². The number of rotatable bonds is 10. The Labute approximate surface area is 216 Å². The standard InChI is InChI=1S/C33H39F2N/c1-6-8-28(29-10-7-9-23(2)17-29)18-24(3)26-11-13-27(14-12-26)25(4)19-30(15-16-36-5)31-20-32(34)22-33(35)21-31/h6-10,16-18,20-22,26-27,30H,3-4,11-15,19H2,1-2,5H3/b8-6-,28-18+,36-16?. The molecule has 0 radical (unpaired) electrons. The number of aliphatic imine (C=N–C) groups is 1. The molecule has 1 unspecified atom stereocenters. The van der Waals surface area contributed by atoms with Gasteiger partial charge in [0.2, 0.25) is 0 Å². The largest absolute Gasteiger partial charge is 0.301 e.